The SMILES string of the molecule is Cc1ccccc1C(=N)N.Cl.Cl. The van der Waals surface area contributed by atoms with Crippen molar-refractivity contribution in [2.45, 2.75) is 6.92 Å². The third-order valence-corrected chi connectivity index (χ3v) is 1.44. The highest BCUT2D eigenvalue weighted by atomic mass is 35.5. The maximum atomic E-state index is 7.15. The summed E-state index contributed by atoms with van der Waals surface area (Å²) in [6.45, 7) is 1.94. The fourth-order valence-corrected chi connectivity index (χ4v) is 0.875. The van der Waals surface area contributed by atoms with Crippen LogP contribution in [0.3, 0.4) is 0 Å². The van der Waals surface area contributed by atoms with E-state index in [2.05, 4.69) is 0 Å². The first-order valence-corrected chi connectivity index (χ1v) is 3.12. The molecular formula is C8H12Cl2N2. The maximum absolute atomic E-state index is 7.15. The van der Waals surface area contributed by atoms with Gasteiger partial charge in [0.1, 0.15) is 5.84 Å². The molecule has 0 fully saturated rings. The molecule has 0 aliphatic heterocycles. The second-order valence-electron chi connectivity index (χ2n) is 2.23. The van der Waals surface area contributed by atoms with Crippen molar-refractivity contribution in [3.8, 4) is 0 Å². The van der Waals surface area contributed by atoms with Crippen molar-refractivity contribution in [2.24, 2.45) is 5.73 Å². The number of benzene rings is 1. The molecule has 0 bridgehead atoms. The first-order chi connectivity index (χ1) is 4.72. The Morgan fingerprint density at radius 3 is 2.08 bits per heavy atom. The minimum Gasteiger partial charge on any atom is -0.384 e. The Kier molecular flexibility index (Phi) is 6.76. The fourth-order valence-electron chi connectivity index (χ4n) is 0.875. The average Bonchev–Trinajstić information content (AvgIpc) is 1.88. The minimum atomic E-state index is 0. The summed E-state index contributed by atoms with van der Waals surface area (Å²) in [5.41, 5.74) is 7.17. The second kappa shape index (κ2) is 5.86. The normalized spacial score (nSPS) is 7.75. The Bertz CT molecular complexity index is 261. The topological polar surface area (TPSA) is 49.9 Å². The van der Waals surface area contributed by atoms with Crippen LogP contribution >= 0.6 is 24.8 Å². The number of nitrogen functional groups attached to an aromatic ring is 1. The summed E-state index contributed by atoms with van der Waals surface area (Å²) in [4.78, 5) is 0. The van der Waals surface area contributed by atoms with Crippen molar-refractivity contribution in [1.29, 1.82) is 5.41 Å². The van der Waals surface area contributed by atoms with Crippen molar-refractivity contribution >= 4 is 30.6 Å². The standard InChI is InChI=1S/C8H10N2.2ClH/c1-6-4-2-3-5-7(6)8(9)10;;/h2-5H,1H3,(H3,9,10);2*1H. The molecule has 0 unspecified atom stereocenters. The summed E-state index contributed by atoms with van der Waals surface area (Å²) >= 11 is 0. The maximum Gasteiger partial charge on any atom is 0.123 e. The number of hydrogen-bond donors (Lipinski definition) is 2. The second-order valence-corrected chi connectivity index (χ2v) is 2.23. The molecule has 0 saturated heterocycles. The molecule has 3 N–H and O–H groups in total. The van der Waals surface area contributed by atoms with Crippen LogP contribution in [0.25, 0.3) is 0 Å². The van der Waals surface area contributed by atoms with E-state index in [1.54, 1.807) is 0 Å². The van der Waals surface area contributed by atoms with E-state index in [4.69, 9.17) is 11.1 Å². The molecular weight excluding hydrogens is 195 g/mol. The molecule has 1 aromatic rings. The van der Waals surface area contributed by atoms with Crippen LogP contribution in [0.4, 0.5) is 0 Å². The molecule has 1 aromatic carbocycles. The van der Waals surface area contributed by atoms with E-state index in [0.29, 0.717) is 0 Å². The van der Waals surface area contributed by atoms with Crippen LogP contribution in [-0.4, -0.2) is 5.84 Å². The van der Waals surface area contributed by atoms with Gasteiger partial charge in [0.05, 0.1) is 0 Å². The van der Waals surface area contributed by atoms with Crippen LogP contribution in [0.1, 0.15) is 11.1 Å². The van der Waals surface area contributed by atoms with Gasteiger partial charge in [-0.15, -0.1) is 24.8 Å². The van der Waals surface area contributed by atoms with Gasteiger partial charge >= 0.3 is 0 Å². The molecule has 0 atom stereocenters. The number of nitrogens with one attached hydrogen (secondary N) is 1. The molecule has 0 amide bonds. The first kappa shape index (κ1) is 13.8. The van der Waals surface area contributed by atoms with Gasteiger partial charge in [-0.1, -0.05) is 24.3 Å². The van der Waals surface area contributed by atoms with Gasteiger partial charge in [-0.25, -0.2) is 0 Å². The Morgan fingerprint density at radius 2 is 1.75 bits per heavy atom. The molecule has 4 heteroatoms. The van der Waals surface area contributed by atoms with Gasteiger partial charge in [0, 0.05) is 5.56 Å². The lowest BCUT2D eigenvalue weighted by Crippen LogP contribution is -2.12. The molecule has 0 aliphatic carbocycles. The van der Waals surface area contributed by atoms with Crippen LogP contribution < -0.4 is 5.73 Å². The van der Waals surface area contributed by atoms with Crippen molar-refractivity contribution in [1.82, 2.24) is 0 Å². The van der Waals surface area contributed by atoms with Crippen molar-refractivity contribution in [3.63, 3.8) is 0 Å². The van der Waals surface area contributed by atoms with Crippen LogP contribution in [0, 0.1) is 12.3 Å². The van der Waals surface area contributed by atoms with Gasteiger partial charge in [-0.3, -0.25) is 5.41 Å². The molecule has 0 radical (unpaired) electrons. The number of rotatable bonds is 1. The number of nitrogens with two attached hydrogens (primary N) is 1. The van der Waals surface area contributed by atoms with E-state index < -0.39 is 0 Å². The first-order valence-electron chi connectivity index (χ1n) is 3.12. The monoisotopic (exact) mass is 206 g/mol. The van der Waals surface area contributed by atoms with E-state index in [-0.39, 0.29) is 30.6 Å². The molecule has 0 aliphatic rings. The fraction of sp³-hybridized carbons (Fsp3) is 0.125. The summed E-state index contributed by atoms with van der Waals surface area (Å²) in [7, 11) is 0. The lowest BCUT2D eigenvalue weighted by Gasteiger charge is -2.00. The lowest BCUT2D eigenvalue weighted by atomic mass is 10.1. The Labute approximate surface area is 84.5 Å². The number of halogens is 2. The molecule has 0 saturated carbocycles. The lowest BCUT2D eigenvalue weighted by molar-refractivity contribution is 1.37. The van der Waals surface area contributed by atoms with Gasteiger partial charge in [0.2, 0.25) is 0 Å². The molecule has 1 rings (SSSR count). The van der Waals surface area contributed by atoms with Gasteiger partial charge in [0.15, 0.2) is 0 Å². The minimum absolute atomic E-state index is 0. The van der Waals surface area contributed by atoms with Gasteiger partial charge < -0.3 is 5.73 Å². The summed E-state index contributed by atoms with van der Waals surface area (Å²) in [5, 5.41) is 7.15. The van der Waals surface area contributed by atoms with Gasteiger partial charge in [0.25, 0.3) is 0 Å². The summed E-state index contributed by atoms with van der Waals surface area (Å²) < 4.78 is 0. The highest BCUT2D eigenvalue weighted by molar-refractivity contribution is 5.96. The highest BCUT2D eigenvalue weighted by Crippen LogP contribution is 2.04. The largest absolute Gasteiger partial charge is 0.384 e. The van der Waals surface area contributed by atoms with E-state index in [1.165, 1.54) is 0 Å². The predicted octanol–water partition coefficient (Wildman–Crippen LogP) is 2.12. The zero-order valence-electron chi connectivity index (χ0n) is 6.70. The molecule has 0 heterocycles. The quantitative estimate of drug-likeness (QED) is 0.537. The Morgan fingerprint density at radius 1 is 1.25 bits per heavy atom. The van der Waals surface area contributed by atoms with Gasteiger partial charge in [-0.05, 0) is 12.5 Å². The van der Waals surface area contributed by atoms with Crippen molar-refractivity contribution in [2.75, 3.05) is 0 Å². The number of amidine groups is 1. The van der Waals surface area contributed by atoms with Crippen LogP contribution in [0.2, 0.25) is 0 Å². The third kappa shape index (κ3) is 3.11. The van der Waals surface area contributed by atoms with Gasteiger partial charge in [-0.2, -0.15) is 0 Å². The number of hydrogen-bond acceptors (Lipinski definition) is 1. The van der Waals surface area contributed by atoms with E-state index in [9.17, 15) is 0 Å². The van der Waals surface area contributed by atoms with Crippen molar-refractivity contribution < 1.29 is 0 Å². The zero-order chi connectivity index (χ0) is 7.56. The predicted molar refractivity (Wildman–Crippen MR) is 56.7 cm³/mol. The molecule has 12 heavy (non-hydrogen) atoms. The Hall–Kier alpha value is -0.730. The van der Waals surface area contributed by atoms with Crippen LogP contribution in [-0.2, 0) is 0 Å². The zero-order valence-corrected chi connectivity index (χ0v) is 8.34. The number of aryl methyl sites for hydroxylation is 1. The molecule has 0 spiro atoms. The summed E-state index contributed by atoms with van der Waals surface area (Å²) in [6, 6.07) is 7.60. The summed E-state index contributed by atoms with van der Waals surface area (Å²) in [6.07, 6.45) is 0. The third-order valence-electron chi connectivity index (χ3n) is 1.44. The highest BCUT2D eigenvalue weighted by Gasteiger charge is 1.96. The van der Waals surface area contributed by atoms with Crippen LogP contribution in [0.5, 0.6) is 0 Å². The summed E-state index contributed by atoms with van der Waals surface area (Å²) in [5.74, 6) is 0.137. The van der Waals surface area contributed by atoms with E-state index in [0.717, 1.165) is 11.1 Å². The molecule has 2 nitrogen and oxygen atoms in total. The van der Waals surface area contributed by atoms with Crippen molar-refractivity contribution in [3.05, 3.63) is 35.4 Å². The van der Waals surface area contributed by atoms with E-state index >= 15 is 0 Å². The molecule has 0 aromatic heterocycles. The smallest absolute Gasteiger partial charge is 0.123 e. The van der Waals surface area contributed by atoms with E-state index in [1.807, 2.05) is 31.2 Å². The van der Waals surface area contributed by atoms with Crippen LogP contribution in [0.15, 0.2) is 24.3 Å². The average molecular weight is 207 g/mol. The molecule has 68 valence electrons. The Balaban J connectivity index is 0.